The standard InChI is InChI=1S/C63H48N3.Ir/c1-44-35-37-65-62(38-44)55-25-21-47(22-26-55)16-18-49-39-48(17-15-46-19-23-54(24-20-46)61-14-8-9-36-64-61)40-57(41-49)59-13-7-6-12-58(59)52-31-33-56(34-32-52)63-42-60(45(2)43-66-63)53-29-27-51(28-30-53)50-10-4-3-5-11-50;/h3-14,19-23,25,27-33,35-43H,15-18H2,1-2H3;/q-3;+3. The van der Waals surface area contributed by atoms with E-state index in [1.807, 2.05) is 42.9 Å². The van der Waals surface area contributed by atoms with Crippen molar-refractivity contribution in [3.8, 4) is 78.3 Å². The summed E-state index contributed by atoms with van der Waals surface area (Å²) in [6.07, 6.45) is 9.32. The topological polar surface area (TPSA) is 38.7 Å². The average molecular weight is 1040 g/mol. The molecule has 0 N–H and O–H groups in total. The molecule has 0 unspecified atom stereocenters. The molecule has 0 saturated heterocycles. The maximum atomic E-state index is 4.86. The number of hydrogen-bond acceptors (Lipinski definition) is 3. The molecule has 0 saturated carbocycles. The Morgan fingerprint density at radius 1 is 0.358 bits per heavy atom. The van der Waals surface area contributed by atoms with Crippen LogP contribution in [0.3, 0.4) is 0 Å². The van der Waals surface area contributed by atoms with E-state index in [-0.39, 0.29) is 20.1 Å². The molecule has 67 heavy (non-hydrogen) atoms. The van der Waals surface area contributed by atoms with Crippen LogP contribution >= 0.6 is 0 Å². The molecule has 0 amide bonds. The quantitative estimate of drug-likeness (QED) is 0.108. The van der Waals surface area contributed by atoms with Gasteiger partial charge in [-0.1, -0.05) is 151 Å². The van der Waals surface area contributed by atoms with Gasteiger partial charge in [-0.2, -0.15) is 0 Å². The predicted octanol–water partition coefficient (Wildman–Crippen LogP) is 15.1. The zero-order chi connectivity index (χ0) is 44.7. The van der Waals surface area contributed by atoms with Gasteiger partial charge in [-0.15, -0.1) is 101 Å². The zero-order valence-corrected chi connectivity index (χ0v) is 40.0. The van der Waals surface area contributed by atoms with Crippen LogP contribution < -0.4 is 0 Å². The summed E-state index contributed by atoms with van der Waals surface area (Å²) in [5.41, 5.74) is 22.8. The van der Waals surface area contributed by atoms with Gasteiger partial charge in [0.1, 0.15) is 0 Å². The van der Waals surface area contributed by atoms with Crippen LogP contribution in [-0.4, -0.2) is 15.0 Å². The van der Waals surface area contributed by atoms with E-state index in [0.29, 0.717) is 0 Å². The molecular formula is C63H48IrN3. The van der Waals surface area contributed by atoms with Crippen LogP contribution in [0.15, 0.2) is 207 Å². The van der Waals surface area contributed by atoms with Crippen molar-refractivity contribution in [2.75, 3.05) is 0 Å². The SMILES string of the molecule is Cc1ccnc(-c2[c-]cc(CCc3cc(CCc4c[c-]c(-c5ccccn5)cc4)cc(-c4ccccc4-c4c[c-]c(-c5cc(-c6ccc(-c7ccccc7)cc6)c(C)cn5)cc4)c3)cc2)c1.[Ir+3]. The van der Waals surface area contributed by atoms with E-state index in [0.717, 1.165) is 70.6 Å². The first kappa shape index (κ1) is 44.8. The Labute approximate surface area is 408 Å². The van der Waals surface area contributed by atoms with E-state index in [2.05, 4.69) is 206 Å². The number of aryl methyl sites for hydroxylation is 6. The fourth-order valence-corrected chi connectivity index (χ4v) is 8.73. The summed E-state index contributed by atoms with van der Waals surface area (Å²) < 4.78 is 0. The molecule has 0 aliphatic heterocycles. The molecule has 0 bridgehead atoms. The van der Waals surface area contributed by atoms with Crippen LogP contribution in [0.2, 0.25) is 0 Å². The molecule has 10 rings (SSSR count). The molecule has 0 fully saturated rings. The van der Waals surface area contributed by atoms with E-state index in [9.17, 15) is 0 Å². The fourth-order valence-electron chi connectivity index (χ4n) is 8.73. The fraction of sp³-hybridized carbons (Fsp3) is 0.0952. The smallest absolute Gasteiger partial charge is 0.305 e. The minimum Gasteiger partial charge on any atom is -0.305 e. The van der Waals surface area contributed by atoms with Gasteiger partial charge in [-0.05, 0) is 106 Å². The van der Waals surface area contributed by atoms with Crippen LogP contribution in [0.1, 0.15) is 33.4 Å². The summed E-state index contributed by atoms with van der Waals surface area (Å²) in [7, 11) is 0. The van der Waals surface area contributed by atoms with Crippen molar-refractivity contribution >= 4 is 0 Å². The molecule has 3 heterocycles. The molecule has 10 aromatic rings. The van der Waals surface area contributed by atoms with E-state index in [1.54, 1.807) is 0 Å². The Morgan fingerprint density at radius 2 is 0.896 bits per heavy atom. The van der Waals surface area contributed by atoms with Crippen molar-refractivity contribution in [1.29, 1.82) is 0 Å². The van der Waals surface area contributed by atoms with Gasteiger partial charge in [-0.25, -0.2) is 0 Å². The van der Waals surface area contributed by atoms with Gasteiger partial charge in [0.25, 0.3) is 0 Å². The first-order valence-electron chi connectivity index (χ1n) is 22.7. The van der Waals surface area contributed by atoms with Gasteiger partial charge < -0.3 is 15.0 Å². The Hall–Kier alpha value is -7.36. The maximum Gasteiger partial charge on any atom is 3.00 e. The van der Waals surface area contributed by atoms with Crippen molar-refractivity contribution in [2.24, 2.45) is 0 Å². The first-order valence-corrected chi connectivity index (χ1v) is 22.7. The molecular weight excluding hydrogens is 991 g/mol. The minimum absolute atomic E-state index is 0. The van der Waals surface area contributed by atoms with Crippen molar-refractivity contribution in [1.82, 2.24) is 15.0 Å². The van der Waals surface area contributed by atoms with Gasteiger partial charge in [0, 0.05) is 18.6 Å². The molecule has 0 spiro atoms. The molecule has 0 aliphatic rings. The van der Waals surface area contributed by atoms with Crippen molar-refractivity contribution in [2.45, 2.75) is 39.5 Å². The summed E-state index contributed by atoms with van der Waals surface area (Å²) >= 11 is 0. The summed E-state index contributed by atoms with van der Waals surface area (Å²) in [6, 6.07) is 77.6. The third-order valence-corrected chi connectivity index (χ3v) is 12.4. The number of nitrogens with zero attached hydrogens (tertiary/aromatic N) is 3. The maximum absolute atomic E-state index is 4.86. The van der Waals surface area contributed by atoms with Gasteiger partial charge in [0.05, 0.1) is 0 Å². The second kappa shape index (κ2) is 20.9. The average Bonchev–Trinajstić information content (AvgIpc) is 3.38. The summed E-state index contributed by atoms with van der Waals surface area (Å²) in [5.74, 6) is 0. The largest absolute Gasteiger partial charge is 3.00 e. The molecule has 4 heteroatoms. The van der Waals surface area contributed by atoms with E-state index >= 15 is 0 Å². The molecule has 0 radical (unpaired) electrons. The Balaban J connectivity index is 0.00000562. The third kappa shape index (κ3) is 10.7. The number of pyridine rings is 3. The molecule has 3 nitrogen and oxygen atoms in total. The molecule has 324 valence electrons. The van der Waals surface area contributed by atoms with E-state index in [1.165, 1.54) is 66.8 Å². The second-order valence-electron chi connectivity index (χ2n) is 17.1. The van der Waals surface area contributed by atoms with Crippen molar-refractivity contribution < 1.29 is 20.1 Å². The van der Waals surface area contributed by atoms with Gasteiger partial charge in [0.2, 0.25) is 0 Å². The minimum atomic E-state index is 0. The molecule has 3 aromatic heterocycles. The Morgan fingerprint density at radius 3 is 1.51 bits per heavy atom. The van der Waals surface area contributed by atoms with Crippen LogP contribution in [0, 0.1) is 32.0 Å². The number of aromatic nitrogens is 3. The first-order chi connectivity index (χ1) is 32.5. The van der Waals surface area contributed by atoms with E-state index < -0.39 is 0 Å². The van der Waals surface area contributed by atoms with Crippen LogP contribution in [-0.2, 0) is 45.8 Å². The second-order valence-corrected chi connectivity index (χ2v) is 17.1. The summed E-state index contributed by atoms with van der Waals surface area (Å²) in [4.78, 5) is 13.9. The number of benzene rings is 7. The van der Waals surface area contributed by atoms with Crippen LogP contribution in [0.4, 0.5) is 0 Å². The number of rotatable bonds is 13. The summed E-state index contributed by atoms with van der Waals surface area (Å²) in [6.45, 7) is 4.22. The van der Waals surface area contributed by atoms with Crippen molar-refractivity contribution in [3.05, 3.63) is 258 Å². The normalized spacial score (nSPS) is 11.0. The van der Waals surface area contributed by atoms with Crippen LogP contribution in [0.25, 0.3) is 78.3 Å². The predicted molar refractivity (Wildman–Crippen MR) is 272 cm³/mol. The van der Waals surface area contributed by atoms with E-state index in [4.69, 9.17) is 4.98 Å². The monoisotopic (exact) mass is 1040 g/mol. The number of hydrogen-bond donors (Lipinski definition) is 0. The molecule has 0 aliphatic carbocycles. The van der Waals surface area contributed by atoms with Gasteiger partial charge in [0.15, 0.2) is 0 Å². The van der Waals surface area contributed by atoms with Crippen molar-refractivity contribution in [3.63, 3.8) is 0 Å². The zero-order valence-electron chi connectivity index (χ0n) is 37.6. The van der Waals surface area contributed by atoms with Gasteiger partial charge in [-0.3, -0.25) is 0 Å². The molecule has 7 aromatic carbocycles. The summed E-state index contributed by atoms with van der Waals surface area (Å²) in [5, 5.41) is 0. The third-order valence-electron chi connectivity index (χ3n) is 12.4. The Bertz CT molecular complexity index is 3220. The molecule has 0 atom stereocenters. The van der Waals surface area contributed by atoms with Gasteiger partial charge >= 0.3 is 20.1 Å². The Kier molecular flexibility index (Phi) is 14.0. The van der Waals surface area contributed by atoms with Crippen LogP contribution in [0.5, 0.6) is 0 Å².